The third-order valence-corrected chi connectivity index (χ3v) is 2.57. The average Bonchev–Trinajstić information content (AvgIpc) is 2.20. The van der Waals surface area contributed by atoms with Crippen LogP contribution in [0.5, 0.6) is 0 Å². The first-order chi connectivity index (χ1) is 6.33. The van der Waals surface area contributed by atoms with Gasteiger partial charge in [-0.1, -0.05) is 38.1 Å². The number of nitrogens with one attached hydrogen (secondary N) is 1. The Hall–Kier alpha value is -0.820. The van der Waals surface area contributed by atoms with E-state index in [1.54, 1.807) is 0 Å². The van der Waals surface area contributed by atoms with E-state index in [4.69, 9.17) is 0 Å². The third kappa shape index (κ3) is 2.31. The van der Waals surface area contributed by atoms with Gasteiger partial charge in [-0.2, -0.15) is 0 Å². The van der Waals surface area contributed by atoms with Crippen molar-refractivity contribution >= 4 is 0 Å². The lowest BCUT2D eigenvalue weighted by Gasteiger charge is -2.17. The van der Waals surface area contributed by atoms with Crippen LogP contribution >= 0.6 is 0 Å². The van der Waals surface area contributed by atoms with E-state index in [0.717, 1.165) is 12.8 Å². The minimum atomic E-state index is 0.510. The van der Waals surface area contributed by atoms with E-state index in [9.17, 15) is 0 Å². The topological polar surface area (TPSA) is 12.0 Å². The van der Waals surface area contributed by atoms with Crippen molar-refractivity contribution in [3.8, 4) is 0 Å². The molecule has 0 saturated heterocycles. The molecule has 1 aromatic rings. The van der Waals surface area contributed by atoms with Crippen LogP contribution in [-0.4, -0.2) is 7.05 Å². The lowest BCUT2D eigenvalue weighted by molar-refractivity contribution is 0.572. The number of hydrogen-bond donors (Lipinski definition) is 1. The molecule has 0 fully saturated rings. The summed E-state index contributed by atoms with van der Waals surface area (Å²) in [5.41, 5.74) is 2.92. The molecular weight excluding hydrogens is 158 g/mol. The highest BCUT2D eigenvalue weighted by molar-refractivity contribution is 5.29. The highest BCUT2D eigenvalue weighted by Crippen LogP contribution is 2.20. The maximum atomic E-state index is 3.34. The van der Waals surface area contributed by atoms with Gasteiger partial charge >= 0.3 is 0 Å². The van der Waals surface area contributed by atoms with E-state index in [-0.39, 0.29) is 0 Å². The Morgan fingerprint density at radius 2 is 1.92 bits per heavy atom. The fourth-order valence-electron chi connectivity index (χ4n) is 1.78. The molecule has 0 aromatic heterocycles. The summed E-state index contributed by atoms with van der Waals surface area (Å²) in [5, 5.41) is 3.34. The molecule has 1 aromatic carbocycles. The van der Waals surface area contributed by atoms with Crippen molar-refractivity contribution in [1.29, 1.82) is 0 Å². The van der Waals surface area contributed by atoms with Crippen LogP contribution in [0.2, 0.25) is 0 Å². The van der Waals surface area contributed by atoms with Crippen LogP contribution in [0.1, 0.15) is 37.4 Å². The van der Waals surface area contributed by atoms with Crippen LogP contribution in [0.3, 0.4) is 0 Å². The molecule has 0 amide bonds. The van der Waals surface area contributed by atoms with Gasteiger partial charge in [-0.25, -0.2) is 0 Å². The molecule has 1 heteroatoms. The molecule has 0 heterocycles. The summed E-state index contributed by atoms with van der Waals surface area (Å²) in [6, 6.07) is 9.19. The molecule has 0 saturated carbocycles. The standard InChI is InChI=1S/C12H19N/c1-4-10-8-6-7-9-11(10)12(5-2)13-3/h6-9,12-13H,4-5H2,1-3H3/t12-/m1/s1. The lowest BCUT2D eigenvalue weighted by Crippen LogP contribution is -2.16. The third-order valence-electron chi connectivity index (χ3n) is 2.57. The highest BCUT2D eigenvalue weighted by Gasteiger charge is 2.08. The van der Waals surface area contributed by atoms with E-state index in [1.165, 1.54) is 11.1 Å². The first-order valence-corrected chi connectivity index (χ1v) is 5.08. The van der Waals surface area contributed by atoms with Gasteiger partial charge in [0.05, 0.1) is 0 Å². The van der Waals surface area contributed by atoms with Crippen molar-refractivity contribution in [2.45, 2.75) is 32.7 Å². The largest absolute Gasteiger partial charge is 0.313 e. The van der Waals surface area contributed by atoms with Gasteiger partial charge in [-0.05, 0) is 31.0 Å². The van der Waals surface area contributed by atoms with Gasteiger partial charge < -0.3 is 5.32 Å². The summed E-state index contributed by atoms with van der Waals surface area (Å²) in [5.74, 6) is 0. The second kappa shape index (κ2) is 5.03. The van der Waals surface area contributed by atoms with Gasteiger partial charge in [0.25, 0.3) is 0 Å². The van der Waals surface area contributed by atoms with Crippen LogP contribution < -0.4 is 5.32 Å². The van der Waals surface area contributed by atoms with Crippen molar-refractivity contribution in [1.82, 2.24) is 5.32 Å². The van der Waals surface area contributed by atoms with Crippen molar-refractivity contribution in [3.05, 3.63) is 35.4 Å². The molecule has 0 spiro atoms. The van der Waals surface area contributed by atoms with Gasteiger partial charge in [-0.3, -0.25) is 0 Å². The van der Waals surface area contributed by atoms with Crippen molar-refractivity contribution in [2.75, 3.05) is 7.05 Å². The molecule has 1 rings (SSSR count). The quantitative estimate of drug-likeness (QED) is 0.745. The molecule has 72 valence electrons. The predicted molar refractivity (Wildman–Crippen MR) is 57.9 cm³/mol. The smallest absolute Gasteiger partial charge is 0.0317 e. The molecule has 0 aliphatic rings. The van der Waals surface area contributed by atoms with Crippen molar-refractivity contribution in [3.63, 3.8) is 0 Å². The maximum absolute atomic E-state index is 3.34. The van der Waals surface area contributed by atoms with Crippen molar-refractivity contribution < 1.29 is 0 Å². The van der Waals surface area contributed by atoms with Gasteiger partial charge in [-0.15, -0.1) is 0 Å². The first kappa shape index (κ1) is 10.3. The van der Waals surface area contributed by atoms with E-state index in [2.05, 4.69) is 43.4 Å². The Labute approximate surface area is 81.2 Å². The molecule has 0 aliphatic heterocycles. The SMILES string of the molecule is CCc1ccccc1[C@@H](CC)NC. The Bertz CT molecular complexity index is 251. The summed E-state index contributed by atoms with van der Waals surface area (Å²) in [7, 11) is 2.03. The molecule has 0 radical (unpaired) electrons. The monoisotopic (exact) mass is 177 g/mol. The zero-order valence-corrected chi connectivity index (χ0v) is 8.80. The second-order valence-corrected chi connectivity index (χ2v) is 3.30. The molecule has 0 unspecified atom stereocenters. The van der Waals surface area contributed by atoms with Crippen LogP contribution in [0.25, 0.3) is 0 Å². The lowest BCUT2D eigenvalue weighted by atomic mass is 9.97. The van der Waals surface area contributed by atoms with Crippen LogP contribution in [0.15, 0.2) is 24.3 Å². The minimum absolute atomic E-state index is 0.510. The molecule has 0 aliphatic carbocycles. The number of hydrogen-bond acceptors (Lipinski definition) is 1. The number of benzene rings is 1. The summed E-state index contributed by atoms with van der Waals surface area (Å²) in [4.78, 5) is 0. The van der Waals surface area contributed by atoms with E-state index in [0.29, 0.717) is 6.04 Å². The fourth-order valence-corrected chi connectivity index (χ4v) is 1.78. The second-order valence-electron chi connectivity index (χ2n) is 3.30. The van der Waals surface area contributed by atoms with E-state index < -0.39 is 0 Å². The Morgan fingerprint density at radius 1 is 1.23 bits per heavy atom. The first-order valence-electron chi connectivity index (χ1n) is 5.08. The zero-order valence-electron chi connectivity index (χ0n) is 8.80. The molecular formula is C12H19N. The molecule has 0 bridgehead atoms. The normalized spacial score (nSPS) is 12.8. The fraction of sp³-hybridized carbons (Fsp3) is 0.500. The molecule has 1 atom stereocenters. The van der Waals surface area contributed by atoms with Gasteiger partial charge in [0.1, 0.15) is 0 Å². The summed E-state index contributed by atoms with van der Waals surface area (Å²) >= 11 is 0. The zero-order chi connectivity index (χ0) is 9.68. The van der Waals surface area contributed by atoms with E-state index >= 15 is 0 Å². The minimum Gasteiger partial charge on any atom is -0.313 e. The van der Waals surface area contributed by atoms with Crippen LogP contribution in [0, 0.1) is 0 Å². The Balaban J connectivity index is 2.96. The van der Waals surface area contributed by atoms with Crippen molar-refractivity contribution in [2.24, 2.45) is 0 Å². The van der Waals surface area contributed by atoms with Crippen LogP contribution in [-0.2, 0) is 6.42 Å². The summed E-state index contributed by atoms with van der Waals surface area (Å²) < 4.78 is 0. The highest BCUT2D eigenvalue weighted by atomic mass is 14.9. The molecule has 1 N–H and O–H groups in total. The Kier molecular flexibility index (Phi) is 3.97. The maximum Gasteiger partial charge on any atom is 0.0317 e. The predicted octanol–water partition coefficient (Wildman–Crippen LogP) is 2.92. The molecule has 1 nitrogen and oxygen atoms in total. The van der Waals surface area contributed by atoms with Gasteiger partial charge in [0, 0.05) is 6.04 Å². The number of rotatable bonds is 4. The number of aryl methyl sites for hydroxylation is 1. The van der Waals surface area contributed by atoms with Gasteiger partial charge in [0.15, 0.2) is 0 Å². The summed E-state index contributed by atoms with van der Waals surface area (Å²) in [6.07, 6.45) is 2.27. The van der Waals surface area contributed by atoms with Gasteiger partial charge in [0.2, 0.25) is 0 Å². The Morgan fingerprint density at radius 3 is 2.46 bits per heavy atom. The molecule has 13 heavy (non-hydrogen) atoms. The van der Waals surface area contributed by atoms with E-state index in [1.807, 2.05) is 7.05 Å². The summed E-state index contributed by atoms with van der Waals surface area (Å²) in [6.45, 7) is 4.43. The van der Waals surface area contributed by atoms with Crippen LogP contribution in [0.4, 0.5) is 0 Å². The average molecular weight is 177 g/mol.